The van der Waals surface area contributed by atoms with E-state index in [-0.39, 0.29) is 5.75 Å². The number of aromatic nitrogens is 1. The molecule has 1 unspecified atom stereocenters. The number of hydrogen-bond acceptors (Lipinski definition) is 4. The Morgan fingerprint density at radius 2 is 2.24 bits per heavy atom. The highest BCUT2D eigenvalue weighted by atomic mass is 32.2. The predicted molar refractivity (Wildman–Crippen MR) is 74.9 cm³/mol. The molecule has 0 amide bonds. The number of nitrogens with one attached hydrogen (secondary N) is 1. The van der Waals surface area contributed by atoms with E-state index >= 15 is 0 Å². The number of rotatable bonds is 4. The van der Waals surface area contributed by atoms with Crippen molar-refractivity contribution in [3.8, 4) is 5.75 Å². The van der Waals surface area contributed by atoms with Gasteiger partial charge in [0.25, 0.3) is 0 Å². The van der Waals surface area contributed by atoms with E-state index in [0.29, 0.717) is 6.04 Å². The van der Waals surface area contributed by atoms with Crippen molar-refractivity contribution < 1.29 is 5.11 Å². The van der Waals surface area contributed by atoms with Crippen molar-refractivity contribution >= 4 is 28.4 Å². The number of fused-ring (bicyclic) bond motifs is 1. The number of pyridine rings is 1. The smallest absolute Gasteiger partial charge is 0.134 e. The average Bonchev–Trinajstić information content (AvgIpc) is 2.30. The highest BCUT2D eigenvalue weighted by molar-refractivity contribution is 7.98. The molecular formula is C13H16N2OS. The molecule has 2 N–H and O–H groups in total. The Hall–Kier alpha value is -1.42. The van der Waals surface area contributed by atoms with E-state index in [9.17, 15) is 5.11 Å². The van der Waals surface area contributed by atoms with Crippen LogP contribution in [-0.4, -0.2) is 28.1 Å². The summed E-state index contributed by atoms with van der Waals surface area (Å²) in [6.45, 7) is 2.12. The first-order valence-corrected chi connectivity index (χ1v) is 6.93. The maximum Gasteiger partial charge on any atom is 0.134 e. The van der Waals surface area contributed by atoms with Gasteiger partial charge >= 0.3 is 0 Å². The molecule has 1 heterocycles. The molecule has 0 saturated heterocycles. The van der Waals surface area contributed by atoms with Crippen LogP contribution in [0.15, 0.2) is 30.5 Å². The molecule has 1 aromatic heterocycles. The first-order chi connectivity index (χ1) is 8.20. The van der Waals surface area contributed by atoms with Gasteiger partial charge in [0.15, 0.2) is 0 Å². The lowest BCUT2D eigenvalue weighted by molar-refractivity contribution is 0.476. The summed E-state index contributed by atoms with van der Waals surface area (Å²) in [5.74, 6) is 2.13. The van der Waals surface area contributed by atoms with Crippen LogP contribution < -0.4 is 5.32 Å². The van der Waals surface area contributed by atoms with Crippen molar-refractivity contribution in [2.75, 3.05) is 17.3 Å². The Morgan fingerprint density at radius 3 is 3.00 bits per heavy atom. The van der Waals surface area contributed by atoms with Gasteiger partial charge in [-0.05, 0) is 36.8 Å². The Morgan fingerprint density at radius 1 is 1.41 bits per heavy atom. The number of benzene rings is 1. The van der Waals surface area contributed by atoms with E-state index in [2.05, 4.69) is 23.5 Å². The highest BCUT2D eigenvalue weighted by Crippen LogP contribution is 2.25. The maximum absolute atomic E-state index is 9.53. The van der Waals surface area contributed by atoms with Gasteiger partial charge in [0.2, 0.25) is 0 Å². The van der Waals surface area contributed by atoms with Crippen molar-refractivity contribution in [3.63, 3.8) is 0 Å². The van der Waals surface area contributed by atoms with Gasteiger partial charge in [-0.25, -0.2) is 4.98 Å². The summed E-state index contributed by atoms with van der Waals surface area (Å²) < 4.78 is 0. The number of thioether (sulfide) groups is 1. The van der Waals surface area contributed by atoms with Crippen molar-refractivity contribution in [1.29, 1.82) is 0 Å². The van der Waals surface area contributed by atoms with Gasteiger partial charge in [-0.1, -0.05) is 6.07 Å². The van der Waals surface area contributed by atoms with Crippen LogP contribution in [0.25, 0.3) is 10.8 Å². The number of phenols is 1. The summed E-state index contributed by atoms with van der Waals surface area (Å²) in [6.07, 6.45) is 3.87. The predicted octanol–water partition coefficient (Wildman–Crippen LogP) is 3.10. The normalized spacial score (nSPS) is 12.6. The molecule has 0 aliphatic carbocycles. The summed E-state index contributed by atoms with van der Waals surface area (Å²) in [6, 6.07) is 7.63. The van der Waals surface area contributed by atoms with Gasteiger partial charge in [-0.3, -0.25) is 0 Å². The van der Waals surface area contributed by atoms with Gasteiger partial charge in [0.05, 0.1) is 0 Å². The molecule has 0 aliphatic rings. The molecule has 0 radical (unpaired) electrons. The van der Waals surface area contributed by atoms with Gasteiger partial charge in [-0.15, -0.1) is 0 Å². The van der Waals surface area contributed by atoms with Gasteiger partial charge < -0.3 is 10.4 Å². The molecule has 1 aromatic carbocycles. The molecule has 0 fully saturated rings. The van der Waals surface area contributed by atoms with Crippen LogP contribution in [0.2, 0.25) is 0 Å². The highest BCUT2D eigenvalue weighted by Gasteiger charge is 2.06. The van der Waals surface area contributed by atoms with Crippen LogP contribution in [0.5, 0.6) is 5.75 Å². The minimum Gasteiger partial charge on any atom is -0.508 e. The van der Waals surface area contributed by atoms with Gasteiger partial charge in [0, 0.05) is 23.4 Å². The SMILES string of the molecule is CSCC(C)Nc1nccc2ccc(O)cc12. The Labute approximate surface area is 105 Å². The summed E-state index contributed by atoms with van der Waals surface area (Å²) in [7, 11) is 0. The third-order valence-corrected chi connectivity index (χ3v) is 3.38. The van der Waals surface area contributed by atoms with Crippen LogP contribution in [0.4, 0.5) is 5.82 Å². The lowest BCUT2D eigenvalue weighted by atomic mass is 10.1. The molecule has 0 bridgehead atoms. The molecule has 0 spiro atoms. The second-order valence-electron chi connectivity index (χ2n) is 4.07. The third kappa shape index (κ3) is 2.82. The molecule has 2 rings (SSSR count). The molecule has 2 aromatic rings. The lowest BCUT2D eigenvalue weighted by Crippen LogP contribution is -2.18. The van der Waals surface area contributed by atoms with Crippen LogP contribution >= 0.6 is 11.8 Å². The van der Waals surface area contributed by atoms with E-state index in [1.165, 1.54) is 0 Å². The van der Waals surface area contributed by atoms with Gasteiger partial charge in [0.1, 0.15) is 11.6 Å². The standard InChI is InChI=1S/C13H16N2OS/c1-9(8-17-2)15-13-12-7-11(16)4-3-10(12)5-6-14-13/h3-7,9,16H,8H2,1-2H3,(H,14,15). The number of nitrogens with zero attached hydrogens (tertiary/aromatic N) is 1. The third-order valence-electron chi connectivity index (χ3n) is 2.55. The summed E-state index contributed by atoms with van der Waals surface area (Å²) in [5.41, 5.74) is 0. The van der Waals surface area contributed by atoms with Crippen molar-refractivity contribution in [2.45, 2.75) is 13.0 Å². The molecule has 0 saturated carbocycles. The van der Waals surface area contributed by atoms with Crippen molar-refractivity contribution in [1.82, 2.24) is 4.98 Å². The van der Waals surface area contributed by atoms with E-state index in [0.717, 1.165) is 22.3 Å². The van der Waals surface area contributed by atoms with Gasteiger partial charge in [-0.2, -0.15) is 11.8 Å². The van der Waals surface area contributed by atoms with Crippen LogP contribution in [0.1, 0.15) is 6.92 Å². The van der Waals surface area contributed by atoms with Crippen LogP contribution in [-0.2, 0) is 0 Å². The fourth-order valence-corrected chi connectivity index (χ4v) is 2.38. The molecule has 1 atom stereocenters. The zero-order chi connectivity index (χ0) is 12.3. The Bertz CT molecular complexity index is 516. The maximum atomic E-state index is 9.53. The molecule has 4 heteroatoms. The lowest BCUT2D eigenvalue weighted by Gasteiger charge is -2.14. The second kappa shape index (κ2) is 5.27. The van der Waals surface area contributed by atoms with Crippen LogP contribution in [0.3, 0.4) is 0 Å². The number of phenolic OH excluding ortho intramolecular Hbond substituents is 1. The second-order valence-corrected chi connectivity index (χ2v) is 4.98. The number of anilines is 1. The topological polar surface area (TPSA) is 45.2 Å². The summed E-state index contributed by atoms with van der Waals surface area (Å²) in [4.78, 5) is 4.34. The first kappa shape index (κ1) is 12.0. The molecule has 17 heavy (non-hydrogen) atoms. The average molecular weight is 248 g/mol. The zero-order valence-electron chi connectivity index (χ0n) is 9.97. The fourth-order valence-electron chi connectivity index (χ4n) is 1.80. The summed E-state index contributed by atoms with van der Waals surface area (Å²) >= 11 is 1.80. The largest absolute Gasteiger partial charge is 0.508 e. The van der Waals surface area contributed by atoms with Crippen molar-refractivity contribution in [3.05, 3.63) is 30.5 Å². The van der Waals surface area contributed by atoms with Crippen LogP contribution in [0, 0.1) is 0 Å². The Kier molecular flexibility index (Phi) is 3.74. The number of aromatic hydroxyl groups is 1. The molecule has 90 valence electrons. The monoisotopic (exact) mass is 248 g/mol. The molecular weight excluding hydrogens is 232 g/mol. The summed E-state index contributed by atoms with van der Waals surface area (Å²) in [5, 5.41) is 14.9. The van der Waals surface area contributed by atoms with E-state index < -0.39 is 0 Å². The minimum atomic E-state index is 0.270. The number of hydrogen-bond donors (Lipinski definition) is 2. The fraction of sp³-hybridized carbons (Fsp3) is 0.308. The van der Waals surface area contributed by atoms with E-state index in [4.69, 9.17) is 0 Å². The quantitative estimate of drug-likeness (QED) is 0.872. The first-order valence-electron chi connectivity index (χ1n) is 5.54. The van der Waals surface area contributed by atoms with E-state index in [1.807, 2.05) is 12.1 Å². The van der Waals surface area contributed by atoms with Crippen molar-refractivity contribution in [2.24, 2.45) is 0 Å². The molecule has 3 nitrogen and oxygen atoms in total. The Balaban J connectivity index is 2.36. The zero-order valence-corrected chi connectivity index (χ0v) is 10.8. The minimum absolute atomic E-state index is 0.270. The molecule has 0 aliphatic heterocycles. The van der Waals surface area contributed by atoms with E-state index in [1.54, 1.807) is 30.1 Å².